The molecule has 4 rings (SSSR count). The maximum Gasteiger partial charge on any atom is 0.272 e. The Balaban J connectivity index is 1.68. The zero-order chi connectivity index (χ0) is 17.8. The number of sulfonamides is 1. The van der Waals surface area contributed by atoms with Crippen LogP contribution in [0.5, 0.6) is 0 Å². The zero-order valence-electron chi connectivity index (χ0n) is 13.6. The molecule has 1 atom stereocenters. The van der Waals surface area contributed by atoms with Gasteiger partial charge in [-0.3, -0.25) is 4.79 Å². The first-order valence-electron chi connectivity index (χ1n) is 7.68. The number of thiophene rings is 1. The van der Waals surface area contributed by atoms with Gasteiger partial charge in [-0.25, -0.2) is 13.4 Å². The van der Waals surface area contributed by atoms with Gasteiger partial charge in [0.05, 0.1) is 16.6 Å². The van der Waals surface area contributed by atoms with Crippen LogP contribution in [0.4, 0.5) is 0 Å². The van der Waals surface area contributed by atoms with Crippen molar-refractivity contribution in [3.8, 4) is 0 Å². The van der Waals surface area contributed by atoms with E-state index in [0.717, 1.165) is 5.69 Å². The fraction of sp³-hybridized carbons (Fsp3) is 0.250. The predicted octanol–water partition coefficient (Wildman–Crippen LogP) is 1.81. The first-order chi connectivity index (χ1) is 11.9. The van der Waals surface area contributed by atoms with Crippen LogP contribution < -0.4 is 5.32 Å². The summed E-state index contributed by atoms with van der Waals surface area (Å²) in [6.07, 6.45) is 1.85. The van der Waals surface area contributed by atoms with Gasteiger partial charge in [0.15, 0.2) is 0 Å². The number of likely N-dealkylation sites (N-methyl/N-ethyl adjacent to an activating group) is 1. The number of fused-ring (bicyclic) bond motifs is 2. The second-order valence-corrected chi connectivity index (χ2v) is 8.90. The molecule has 9 heteroatoms. The van der Waals surface area contributed by atoms with Crippen molar-refractivity contribution < 1.29 is 13.2 Å². The van der Waals surface area contributed by atoms with Crippen LogP contribution in [0.3, 0.4) is 0 Å². The lowest BCUT2D eigenvalue weighted by atomic mass is 10.2. The van der Waals surface area contributed by atoms with Gasteiger partial charge in [-0.2, -0.15) is 4.31 Å². The maximum absolute atomic E-state index is 12.8. The van der Waals surface area contributed by atoms with E-state index in [-0.39, 0.29) is 23.4 Å². The minimum atomic E-state index is -3.47. The van der Waals surface area contributed by atoms with Gasteiger partial charge in [0.25, 0.3) is 5.91 Å². The average Bonchev–Trinajstić information content (AvgIpc) is 3.19. The Morgan fingerprint density at radius 3 is 2.92 bits per heavy atom. The van der Waals surface area contributed by atoms with Crippen LogP contribution in [0.2, 0.25) is 0 Å². The van der Waals surface area contributed by atoms with Crippen LogP contribution >= 0.6 is 11.3 Å². The minimum Gasteiger partial charge on any atom is -0.342 e. The summed E-state index contributed by atoms with van der Waals surface area (Å²) in [4.78, 5) is 18.1. The van der Waals surface area contributed by atoms with Crippen LogP contribution in [0.15, 0.2) is 40.7 Å². The molecule has 130 valence electrons. The lowest BCUT2D eigenvalue weighted by Crippen LogP contribution is -2.43. The van der Waals surface area contributed by atoms with Crippen molar-refractivity contribution in [2.75, 3.05) is 13.6 Å². The number of imidazole rings is 1. The number of aromatic nitrogens is 2. The molecule has 1 aliphatic heterocycles. The molecule has 0 fully saturated rings. The Hall–Kier alpha value is -2.23. The van der Waals surface area contributed by atoms with Crippen LogP contribution in [0, 0.1) is 6.92 Å². The highest BCUT2D eigenvalue weighted by molar-refractivity contribution is 7.89. The maximum atomic E-state index is 12.8. The molecule has 3 aromatic heterocycles. The first-order valence-corrected chi connectivity index (χ1v) is 10.00. The topological polar surface area (TPSA) is 83.8 Å². The van der Waals surface area contributed by atoms with Crippen molar-refractivity contribution in [3.63, 3.8) is 0 Å². The number of nitrogens with zero attached hydrogens (tertiary/aromatic N) is 3. The van der Waals surface area contributed by atoms with Gasteiger partial charge < -0.3 is 9.72 Å². The number of aryl methyl sites for hydroxylation is 1. The summed E-state index contributed by atoms with van der Waals surface area (Å²) in [5, 5.41) is 4.67. The number of amides is 1. The molecule has 0 radical (unpaired) electrons. The number of rotatable bonds is 2. The molecule has 1 N–H and O–H groups in total. The number of hydrogen-bond donors (Lipinski definition) is 1. The van der Waals surface area contributed by atoms with Crippen molar-refractivity contribution in [1.82, 2.24) is 19.0 Å². The molecule has 1 aliphatic rings. The van der Waals surface area contributed by atoms with Crippen LogP contribution in [0.25, 0.3) is 5.65 Å². The van der Waals surface area contributed by atoms with Crippen molar-refractivity contribution in [1.29, 1.82) is 0 Å². The Bertz CT molecular complexity index is 1080. The van der Waals surface area contributed by atoms with Crippen LogP contribution in [0.1, 0.15) is 27.1 Å². The van der Waals surface area contributed by atoms with E-state index in [4.69, 9.17) is 0 Å². The van der Waals surface area contributed by atoms with E-state index in [2.05, 4.69) is 10.3 Å². The van der Waals surface area contributed by atoms with Crippen LogP contribution in [-0.4, -0.2) is 41.6 Å². The Morgan fingerprint density at radius 2 is 2.16 bits per heavy atom. The van der Waals surface area contributed by atoms with E-state index in [1.54, 1.807) is 11.4 Å². The molecule has 0 aromatic carbocycles. The minimum absolute atomic E-state index is 0.202. The highest BCUT2D eigenvalue weighted by atomic mass is 32.2. The van der Waals surface area contributed by atoms with Gasteiger partial charge in [-0.1, -0.05) is 6.07 Å². The van der Waals surface area contributed by atoms with Crippen molar-refractivity contribution in [2.24, 2.45) is 0 Å². The van der Waals surface area contributed by atoms with Crippen LogP contribution in [-0.2, 0) is 10.0 Å². The smallest absolute Gasteiger partial charge is 0.272 e. The van der Waals surface area contributed by atoms with Crippen molar-refractivity contribution >= 4 is 32.9 Å². The van der Waals surface area contributed by atoms with Gasteiger partial charge in [-0.05, 0) is 30.5 Å². The molecule has 7 nitrogen and oxygen atoms in total. The molecule has 0 saturated carbocycles. The molecule has 1 amide bonds. The SMILES string of the molecule is Cc1c(C(=O)NC2CN(C)S(=O)(=O)c3ccsc32)nc2ccccn12. The Labute approximate surface area is 149 Å². The second kappa shape index (κ2) is 5.65. The molecule has 3 aromatic rings. The summed E-state index contributed by atoms with van der Waals surface area (Å²) in [6.45, 7) is 2.04. The van der Waals surface area contributed by atoms with Crippen molar-refractivity contribution in [3.05, 3.63) is 52.1 Å². The van der Waals surface area contributed by atoms with E-state index < -0.39 is 10.0 Å². The molecule has 0 bridgehead atoms. The summed E-state index contributed by atoms with van der Waals surface area (Å²) in [6, 6.07) is 6.77. The molecule has 4 heterocycles. The molecule has 0 aliphatic carbocycles. The molecule has 0 spiro atoms. The van der Waals surface area contributed by atoms with E-state index in [1.807, 2.05) is 35.7 Å². The first kappa shape index (κ1) is 16.2. The molecule has 1 unspecified atom stereocenters. The average molecular weight is 376 g/mol. The number of hydrogen-bond acceptors (Lipinski definition) is 5. The summed E-state index contributed by atoms with van der Waals surface area (Å²) < 4.78 is 27.8. The summed E-state index contributed by atoms with van der Waals surface area (Å²) in [5.41, 5.74) is 1.79. The van der Waals surface area contributed by atoms with Crippen molar-refractivity contribution in [2.45, 2.75) is 17.9 Å². The Kier molecular flexibility index (Phi) is 3.67. The lowest BCUT2D eigenvalue weighted by molar-refractivity contribution is 0.0926. The van der Waals surface area contributed by atoms with Gasteiger partial charge in [0.2, 0.25) is 10.0 Å². The number of carbonyl (C=O) groups excluding carboxylic acids is 1. The number of pyridine rings is 1. The quantitative estimate of drug-likeness (QED) is 0.739. The van der Waals surface area contributed by atoms with E-state index >= 15 is 0 Å². The van der Waals surface area contributed by atoms with E-state index in [0.29, 0.717) is 16.2 Å². The van der Waals surface area contributed by atoms with Gasteiger partial charge >= 0.3 is 0 Å². The second-order valence-electron chi connectivity index (χ2n) is 5.94. The third-order valence-corrected chi connectivity index (χ3v) is 7.43. The highest BCUT2D eigenvalue weighted by Crippen LogP contribution is 2.35. The molecular weight excluding hydrogens is 360 g/mol. The number of carbonyl (C=O) groups is 1. The zero-order valence-corrected chi connectivity index (χ0v) is 15.3. The largest absolute Gasteiger partial charge is 0.342 e. The predicted molar refractivity (Wildman–Crippen MR) is 94.3 cm³/mol. The molecular formula is C16H16N4O3S2. The molecule has 0 saturated heterocycles. The normalized spacial score (nSPS) is 19.7. The third kappa shape index (κ3) is 2.46. The third-order valence-electron chi connectivity index (χ3n) is 4.39. The van der Waals surface area contributed by atoms with E-state index in [1.165, 1.54) is 22.7 Å². The van der Waals surface area contributed by atoms with Gasteiger partial charge in [0, 0.05) is 24.7 Å². The summed E-state index contributed by atoms with van der Waals surface area (Å²) in [7, 11) is -1.95. The molecule has 25 heavy (non-hydrogen) atoms. The highest BCUT2D eigenvalue weighted by Gasteiger charge is 2.36. The van der Waals surface area contributed by atoms with E-state index in [9.17, 15) is 13.2 Å². The standard InChI is InChI=1S/C16H16N4O3S2/c1-10-14(18-13-5-3-4-7-20(10)13)16(21)17-11-9-19(2)25(22,23)12-6-8-24-15(11)12/h3-8,11H,9H2,1-2H3,(H,17,21). The fourth-order valence-corrected chi connectivity index (χ4v) is 5.75. The summed E-state index contributed by atoms with van der Waals surface area (Å²) in [5.74, 6) is -0.307. The number of nitrogens with one attached hydrogen (secondary N) is 1. The summed E-state index contributed by atoms with van der Waals surface area (Å²) >= 11 is 1.34. The fourth-order valence-electron chi connectivity index (χ4n) is 3.05. The monoisotopic (exact) mass is 376 g/mol. The Morgan fingerprint density at radius 1 is 1.36 bits per heavy atom. The lowest BCUT2D eigenvalue weighted by Gasteiger charge is -2.29. The van der Waals surface area contributed by atoms with Gasteiger partial charge in [-0.15, -0.1) is 11.3 Å². The van der Waals surface area contributed by atoms with Gasteiger partial charge in [0.1, 0.15) is 11.3 Å².